The van der Waals surface area contributed by atoms with Crippen molar-refractivity contribution in [3.05, 3.63) is 53.9 Å². The molecule has 4 rings (SSSR count). The van der Waals surface area contributed by atoms with E-state index in [1.54, 1.807) is 7.11 Å². The van der Waals surface area contributed by atoms with Crippen molar-refractivity contribution in [3.8, 4) is 5.75 Å². The third kappa shape index (κ3) is 1.65. The molecule has 1 unspecified atom stereocenters. The summed E-state index contributed by atoms with van der Waals surface area (Å²) in [6.45, 7) is 0. The first-order chi connectivity index (χ1) is 9.85. The Morgan fingerprint density at radius 3 is 2.95 bits per heavy atom. The number of methoxy groups -OCH3 is 1. The van der Waals surface area contributed by atoms with Crippen molar-refractivity contribution in [3.63, 3.8) is 0 Å². The van der Waals surface area contributed by atoms with Gasteiger partial charge in [-0.15, -0.1) is 0 Å². The molecule has 1 aromatic heterocycles. The molecule has 0 saturated heterocycles. The minimum Gasteiger partial charge on any atom is -0.494 e. The molecule has 0 saturated carbocycles. The molecule has 2 aromatic carbocycles. The van der Waals surface area contributed by atoms with E-state index in [1.807, 2.05) is 24.3 Å². The number of para-hydroxylation sites is 2. The highest BCUT2D eigenvalue weighted by atomic mass is 16.5. The number of benzene rings is 2. The second kappa shape index (κ2) is 4.27. The van der Waals surface area contributed by atoms with E-state index in [2.05, 4.69) is 28.5 Å². The Labute approximate surface area is 116 Å². The van der Waals surface area contributed by atoms with Crippen molar-refractivity contribution >= 4 is 16.8 Å². The zero-order chi connectivity index (χ0) is 13.5. The van der Waals surface area contributed by atoms with Crippen LogP contribution in [0.2, 0.25) is 0 Å². The molecule has 0 bridgehead atoms. The van der Waals surface area contributed by atoms with E-state index in [4.69, 9.17) is 9.15 Å². The van der Waals surface area contributed by atoms with Gasteiger partial charge in [0.25, 0.3) is 0 Å². The largest absolute Gasteiger partial charge is 0.494 e. The van der Waals surface area contributed by atoms with Crippen LogP contribution in [0.1, 0.15) is 17.5 Å². The van der Waals surface area contributed by atoms with Gasteiger partial charge in [-0.1, -0.05) is 24.3 Å². The fourth-order valence-electron chi connectivity index (χ4n) is 2.70. The second-order valence-electron chi connectivity index (χ2n) is 4.92. The number of ether oxygens (including phenoxy) is 1. The lowest BCUT2D eigenvalue weighted by Crippen LogP contribution is -2.05. The first kappa shape index (κ1) is 11.3. The van der Waals surface area contributed by atoms with Gasteiger partial charge < -0.3 is 14.5 Å². The number of oxazole rings is 1. The molecule has 0 amide bonds. The number of hydrogen-bond acceptors (Lipinski definition) is 4. The fourth-order valence-corrected chi connectivity index (χ4v) is 2.70. The van der Waals surface area contributed by atoms with Crippen LogP contribution in [0.5, 0.6) is 5.75 Å². The van der Waals surface area contributed by atoms with Crippen molar-refractivity contribution in [1.29, 1.82) is 0 Å². The van der Waals surface area contributed by atoms with Gasteiger partial charge in [0.2, 0.25) is 5.89 Å². The molecule has 3 aromatic rings. The number of hydrogen-bond donors (Lipinski definition) is 1. The fraction of sp³-hybridized carbons (Fsp3) is 0.188. The molecule has 1 aliphatic rings. The van der Waals surface area contributed by atoms with Gasteiger partial charge in [0.1, 0.15) is 11.8 Å². The van der Waals surface area contributed by atoms with Gasteiger partial charge >= 0.3 is 0 Å². The summed E-state index contributed by atoms with van der Waals surface area (Å²) in [5, 5.41) is 3.45. The highest BCUT2D eigenvalue weighted by molar-refractivity contribution is 5.79. The predicted octanol–water partition coefficient (Wildman–Crippen LogP) is 3.55. The van der Waals surface area contributed by atoms with E-state index >= 15 is 0 Å². The van der Waals surface area contributed by atoms with Crippen LogP contribution in [0.4, 0.5) is 5.69 Å². The predicted molar refractivity (Wildman–Crippen MR) is 77.1 cm³/mol. The smallest absolute Gasteiger partial charge is 0.218 e. The summed E-state index contributed by atoms with van der Waals surface area (Å²) in [5.74, 6) is 1.45. The van der Waals surface area contributed by atoms with Gasteiger partial charge in [-0.2, -0.15) is 0 Å². The van der Waals surface area contributed by atoms with Crippen molar-refractivity contribution in [2.75, 3.05) is 12.4 Å². The van der Waals surface area contributed by atoms with Crippen molar-refractivity contribution in [2.24, 2.45) is 0 Å². The van der Waals surface area contributed by atoms with Crippen molar-refractivity contribution in [1.82, 2.24) is 4.98 Å². The van der Waals surface area contributed by atoms with Crippen LogP contribution in [0.25, 0.3) is 11.1 Å². The summed E-state index contributed by atoms with van der Waals surface area (Å²) in [7, 11) is 1.65. The highest BCUT2D eigenvalue weighted by Gasteiger charge is 2.26. The van der Waals surface area contributed by atoms with Crippen LogP contribution in [-0.4, -0.2) is 12.1 Å². The van der Waals surface area contributed by atoms with Crippen LogP contribution in [0.3, 0.4) is 0 Å². The van der Waals surface area contributed by atoms with Crippen molar-refractivity contribution < 1.29 is 9.15 Å². The molecular formula is C16H14N2O2. The zero-order valence-electron chi connectivity index (χ0n) is 11.1. The Hall–Kier alpha value is -2.49. The summed E-state index contributed by atoms with van der Waals surface area (Å²) in [4.78, 5) is 4.59. The molecule has 0 radical (unpaired) electrons. The molecule has 0 aliphatic carbocycles. The molecule has 1 N–H and O–H groups in total. The number of nitrogens with one attached hydrogen (secondary N) is 1. The maximum absolute atomic E-state index is 5.87. The Kier molecular flexibility index (Phi) is 2.42. The summed E-state index contributed by atoms with van der Waals surface area (Å²) in [5.41, 5.74) is 4.00. The van der Waals surface area contributed by atoms with E-state index in [0.717, 1.165) is 29.0 Å². The molecule has 1 atom stereocenters. The molecule has 0 fully saturated rings. The molecule has 0 spiro atoms. The average molecular weight is 266 g/mol. The van der Waals surface area contributed by atoms with E-state index in [0.29, 0.717) is 5.89 Å². The monoisotopic (exact) mass is 266 g/mol. The SMILES string of the molecule is COc1cccc2oc(C3Cc4ccccc4N3)nc12. The Morgan fingerprint density at radius 1 is 1.20 bits per heavy atom. The topological polar surface area (TPSA) is 47.3 Å². The molecule has 100 valence electrons. The van der Waals surface area contributed by atoms with Gasteiger partial charge in [-0.05, 0) is 23.8 Å². The molecule has 2 heterocycles. The zero-order valence-corrected chi connectivity index (χ0v) is 11.1. The number of fused-ring (bicyclic) bond motifs is 2. The first-order valence-corrected chi connectivity index (χ1v) is 6.63. The van der Waals surface area contributed by atoms with Crippen LogP contribution in [0, 0.1) is 0 Å². The summed E-state index contributed by atoms with van der Waals surface area (Å²) in [6, 6.07) is 14.1. The quantitative estimate of drug-likeness (QED) is 0.770. The van der Waals surface area contributed by atoms with Gasteiger partial charge in [0.15, 0.2) is 11.1 Å². The number of aromatic nitrogens is 1. The van der Waals surface area contributed by atoms with Gasteiger partial charge in [0.05, 0.1) is 7.11 Å². The number of anilines is 1. The minimum atomic E-state index is 0.0875. The van der Waals surface area contributed by atoms with Gasteiger partial charge in [-0.25, -0.2) is 4.98 Å². The van der Waals surface area contributed by atoms with Crippen LogP contribution >= 0.6 is 0 Å². The highest BCUT2D eigenvalue weighted by Crippen LogP contribution is 2.35. The normalized spacial score (nSPS) is 16.9. The van der Waals surface area contributed by atoms with Crippen molar-refractivity contribution in [2.45, 2.75) is 12.5 Å². The van der Waals surface area contributed by atoms with E-state index in [1.165, 1.54) is 5.56 Å². The standard InChI is InChI=1S/C16H14N2O2/c1-19-13-7-4-8-14-15(13)18-16(20-14)12-9-10-5-2-3-6-11(10)17-12/h2-8,12,17H,9H2,1H3. The average Bonchev–Trinajstić information content (AvgIpc) is 3.09. The van der Waals surface area contributed by atoms with E-state index < -0.39 is 0 Å². The second-order valence-corrected chi connectivity index (χ2v) is 4.92. The van der Waals surface area contributed by atoms with E-state index in [-0.39, 0.29) is 6.04 Å². The third-order valence-corrected chi connectivity index (χ3v) is 3.69. The summed E-state index contributed by atoms with van der Waals surface area (Å²) >= 11 is 0. The molecule has 20 heavy (non-hydrogen) atoms. The lowest BCUT2D eigenvalue weighted by molar-refractivity contribution is 0.419. The Bertz CT molecular complexity index is 754. The van der Waals surface area contributed by atoms with Gasteiger partial charge in [-0.3, -0.25) is 0 Å². The maximum atomic E-state index is 5.87. The lowest BCUT2D eigenvalue weighted by Gasteiger charge is -2.05. The number of nitrogens with zero attached hydrogens (tertiary/aromatic N) is 1. The summed E-state index contributed by atoms with van der Waals surface area (Å²) in [6.07, 6.45) is 0.894. The van der Waals surface area contributed by atoms with Crippen LogP contribution < -0.4 is 10.1 Å². The first-order valence-electron chi connectivity index (χ1n) is 6.63. The van der Waals surface area contributed by atoms with Crippen LogP contribution in [0.15, 0.2) is 46.9 Å². The summed E-state index contributed by atoms with van der Waals surface area (Å²) < 4.78 is 11.2. The number of rotatable bonds is 2. The van der Waals surface area contributed by atoms with E-state index in [9.17, 15) is 0 Å². The molecular weight excluding hydrogens is 252 g/mol. The van der Waals surface area contributed by atoms with Gasteiger partial charge in [0, 0.05) is 12.1 Å². The molecule has 4 nitrogen and oxygen atoms in total. The molecule has 1 aliphatic heterocycles. The van der Waals surface area contributed by atoms with Crippen LogP contribution in [-0.2, 0) is 6.42 Å². The third-order valence-electron chi connectivity index (χ3n) is 3.69. The molecule has 4 heteroatoms. The minimum absolute atomic E-state index is 0.0875. The maximum Gasteiger partial charge on any atom is 0.218 e. The Morgan fingerprint density at radius 2 is 2.10 bits per heavy atom. The lowest BCUT2D eigenvalue weighted by atomic mass is 10.1. The Balaban J connectivity index is 1.74.